The number of nitrogens with two attached hydrogens (primary N) is 1. The second-order valence-corrected chi connectivity index (χ2v) is 5.55. The maximum absolute atomic E-state index is 11.4. The number of aliphatic hydroxyl groups excluding tert-OH is 1. The Kier molecular flexibility index (Phi) is 6.07. The normalized spacial score (nSPS) is 10.5. The van der Waals surface area contributed by atoms with Gasteiger partial charge in [-0.3, -0.25) is 0 Å². The lowest BCUT2D eigenvalue weighted by molar-refractivity contribution is 0.0529. The summed E-state index contributed by atoms with van der Waals surface area (Å²) in [5.41, 5.74) is 7.19. The zero-order valence-electron chi connectivity index (χ0n) is 12.7. The van der Waals surface area contributed by atoms with E-state index < -0.39 is 11.7 Å². The highest BCUT2D eigenvalue weighted by molar-refractivity contribution is 5.67. The molecule has 0 radical (unpaired) electrons. The van der Waals surface area contributed by atoms with Gasteiger partial charge in [0.15, 0.2) is 0 Å². The van der Waals surface area contributed by atoms with Crippen molar-refractivity contribution in [1.82, 2.24) is 5.32 Å². The van der Waals surface area contributed by atoms with Gasteiger partial charge in [-0.05, 0) is 39.0 Å². The average molecular weight is 290 g/mol. The Morgan fingerprint density at radius 2 is 2.14 bits per heavy atom. The molecule has 21 heavy (non-hydrogen) atoms. The van der Waals surface area contributed by atoms with Crippen LogP contribution in [0, 0.1) is 11.8 Å². The number of rotatable bonds is 3. The minimum atomic E-state index is -0.500. The summed E-state index contributed by atoms with van der Waals surface area (Å²) in [5, 5.41) is 11.8. The highest BCUT2D eigenvalue weighted by Gasteiger charge is 2.15. The third kappa shape index (κ3) is 6.68. The van der Waals surface area contributed by atoms with Crippen LogP contribution in [0.5, 0.6) is 0 Å². The molecule has 0 heterocycles. The van der Waals surface area contributed by atoms with E-state index in [1.54, 1.807) is 18.2 Å². The Hall–Kier alpha value is -2.19. The molecule has 0 spiro atoms. The molecule has 0 atom stereocenters. The predicted octanol–water partition coefficient (Wildman–Crippen LogP) is 2.03. The topological polar surface area (TPSA) is 84.6 Å². The Morgan fingerprint density at radius 3 is 2.76 bits per heavy atom. The number of amides is 1. The SMILES string of the molecule is CC(C)(C)OC(=O)NCCC#Cc1ccc(N)c(CO)c1. The smallest absolute Gasteiger partial charge is 0.407 e. The Bertz CT molecular complexity index is 551. The Labute approximate surface area is 125 Å². The van der Waals surface area contributed by atoms with Crippen molar-refractivity contribution in [3.63, 3.8) is 0 Å². The van der Waals surface area contributed by atoms with Crippen molar-refractivity contribution in [3.8, 4) is 11.8 Å². The molecule has 1 aromatic rings. The zero-order valence-corrected chi connectivity index (χ0v) is 12.7. The van der Waals surface area contributed by atoms with Gasteiger partial charge in [0.2, 0.25) is 0 Å². The second-order valence-electron chi connectivity index (χ2n) is 5.55. The summed E-state index contributed by atoms with van der Waals surface area (Å²) in [6.45, 7) is 5.75. The molecule has 0 aliphatic heterocycles. The molecule has 0 bridgehead atoms. The molecule has 5 heteroatoms. The summed E-state index contributed by atoms with van der Waals surface area (Å²) in [7, 11) is 0. The van der Waals surface area contributed by atoms with Crippen LogP contribution in [0.4, 0.5) is 10.5 Å². The molecule has 0 saturated carbocycles. The zero-order chi connectivity index (χ0) is 15.9. The standard InChI is InChI=1S/C16H22N2O3/c1-16(2,3)21-15(20)18-9-5-4-6-12-7-8-14(17)13(10-12)11-19/h7-8,10,19H,5,9,11,17H2,1-3H3,(H,18,20). The van der Waals surface area contributed by atoms with Gasteiger partial charge in [0, 0.05) is 29.8 Å². The number of hydrogen-bond donors (Lipinski definition) is 3. The van der Waals surface area contributed by atoms with E-state index in [4.69, 9.17) is 15.6 Å². The largest absolute Gasteiger partial charge is 0.444 e. The van der Waals surface area contributed by atoms with Crippen LogP contribution in [0.15, 0.2) is 18.2 Å². The first-order valence-electron chi connectivity index (χ1n) is 6.77. The van der Waals surface area contributed by atoms with Crippen molar-refractivity contribution in [3.05, 3.63) is 29.3 Å². The van der Waals surface area contributed by atoms with Gasteiger partial charge in [0.25, 0.3) is 0 Å². The van der Waals surface area contributed by atoms with Gasteiger partial charge in [0.1, 0.15) is 5.60 Å². The molecule has 0 fully saturated rings. The first kappa shape index (κ1) is 16.9. The number of carbonyl (C=O) groups is 1. The summed E-state index contributed by atoms with van der Waals surface area (Å²) in [6, 6.07) is 5.26. The molecular weight excluding hydrogens is 268 g/mol. The van der Waals surface area contributed by atoms with E-state index in [2.05, 4.69) is 17.2 Å². The van der Waals surface area contributed by atoms with Crippen molar-refractivity contribution in [2.24, 2.45) is 0 Å². The van der Waals surface area contributed by atoms with Crippen LogP contribution in [0.2, 0.25) is 0 Å². The predicted molar refractivity (Wildman–Crippen MR) is 82.5 cm³/mol. The lowest BCUT2D eigenvalue weighted by Crippen LogP contribution is -2.32. The lowest BCUT2D eigenvalue weighted by atomic mass is 10.1. The van der Waals surface area contributed by atoms with Crippen molar-refractivity contribution in [2.45, 2.75) is 39.4 Å². The lowest BCUT2D eigenvalue weighted by Gasteiger charge is -2.19. The average Bonchev–Trinajstić information content (AvgIpc) is 2.38. The molecule has 0 saturated heterocycles. The second kappa shape index (κ2) is 7.55. The van der Waals surface area contributed by atoms with Crippen LogP contribution in [0.25, 0.3) is 0 Å². The number of aliphatic hydroxyl groups is 1. The fourth-order valence-corrected chi connectivity index (χ4v) is 1.53. The van der Waals surface area contributed by atoms with Crippen molar-refractivity contribution in [1.29, 1.82) is 0 Å². The highest BCUT2D eigenvalue weighted by atomic mass is 16.6. The quantitative estimate of drug-likeness (QED) is 0.452. The van der Waals surface area contributed by atoms with Crippen LogP contribution >= 0.6 is 0 Å². The van der Waals surface area contributed by atoms with Crippen molar-refractivity contribution in [2.75, 3.05) is 12.3 Å². The van der Waals surface area contributed by atoms with Crippen molar-refractivity contribution < 1.29 is 14.6 Å². The van der Waals surface area contributed by atoms with Gasteiger partial charge in [-0.2, -0.15) is 0 Å². The van der Waals surface area contributed by atoms with E-state index in [0.29, 0.717) is 24.2 Å². The summed E-state index contributed by atoms with van der Waals surface area (Å²) >= 11 is 0. The Morgan fingerprint density at radius 1 is 1.43 bits per heavy atom. The minimum absolute atomic E-state index is 0.110. The third-order valence-electron chi connectivity index (χ3n) is 2.46. The molecule has 0 aromatic heterocycles. The number of benzene rings is 1. The number of hydrogen-bond acceptors (Lipinski definition) is 4. The maximum Gasteiger partial charge on any atom is 0.407 e. The summed E-state index contributed by atoms with van der Waals surface area (Å²) in [6.07, 6.45) is 0.0669. The van der Waals surface area contributed by atoms with Gasteiger partial charge in [-0.1, -0.05) is 11.8 Å². The maximum atomic E-state index is 11.4. The van der Waals surface area contributed by atoms with Crippen LogP contribution < -0.4 is 11.1 Å². The van der Waals surface area contributed by atoms with Crippen LogP contribution in [-0.4, -0.2) is 23.3 Å². The monoisotopic (exact) mass is 290 g/mol. The van der Waals surface area contributed by atoms with E-state index in [-0.39, 0.29) is 6.61 Å². The number of alkyl carbamates (subject to hydrolysis) is 1. The minimum Gasteiger partial charge on any atom is -0.444 e. The number of carbonyl (C=O) groups excluding carboxylic acids is 1. The van der Waals surface area contributed by atoms with E-state index in [1.165, 1.54) is 0 Å². The molecule has 1 aromatic carbocycles. The van der Waals surface area contributed by atoms with E-state index in [1.807, 2.05) is 20.8 Å². The molecule has 1 rings (SSSR count). The summed E-state index contributed by atoms with van der Waals surface area (Å²) in [4.78, 5) is 11.4. The van der Waals surface area contributed by atoms with Crippen LogP contribution in [0.1, 0.15) is 38.3 Å². The molecule has 0 aliphatic carbocycles. The fourth-order valence-electron chi connectivity index (χ4n) is 1.53. The fraction of sp³-hybridized carbons (Fsp3) is 0.438. The van der Waals surface area contributed by atoms with Gasteiger partial charge < -0.3 is 20.9 Å². The van der Waals surface area contributed by atoms with E-state index in [9.17, 15) is 4.79 Å². The number of nitrogens with one attached hydrogen (secondary N) is 1. The van der Waals surface area contributed by atoms with E-state index >= 15 is 0 Å². The molecular formula is C16H22N2O3. The molecule has 5 nitrogen and oxygen atoms in total. The molecule has 4 N–H and O–H groups in total. The molecule has 114 valence electrons. The molecule has 0 aliphatic rings. The van der Waals surface area contributed by atoms with E-state index in [0.717, 1.165) is 5.56 Å². The van der Waals surface area contributed by atoms with Gasteiger partial charge in [0.05, 0.1) is 6.61 Å². The van der Waals surface area contributed by atoms with Gasteiger partial charge in [-0.15, -0.1) is 0 Å². The first-order valence-corrected chi connectivity index (χ1v) is 6.77. The van der Waals surface area contributed by atoms with Gasteiger partial charge in [-0.25, -0.2) is 4.79 Å². The summed E-state index contributed by atoms with van der Waals surface area (Å²) < 4.78 is 5.11. The van der Waals surface area contributed by atoms with Crippen LogP contribution in [0.3, 0.4) is 0 Å². The third-order valence-corrected chi connectivity index (χ3v) is 2.46. The Balaban J connectivity index is 2.42. The molecule has 0 unspecified atom stereocenters. The number of anilines is 1. The van der Waals surface area contributed by atoms with Gasteiger partial charge >= 0.3 is 6.09 Å². The van der Waals surface area contributed by atoms with Crippen LogP contribution in [-0.2, 0) is 11.3 Å². The highest BCUT2D eigenvalue weighted by Crippen LogP contribution is 2.13. The first-order chi connectivity index (χ1) is 9.81. The number of ether oxygens (including phenoxy) is 1. The number of nitrogen functional groups attached to an aromatic ring is 1. The summed E-state index contributed by atoms with van der Waals surface area (Å²) in [5.74, 6) is 5.91. The molecule has 1 amide bonds. The van der Waals surface area contributed by atoms with Crippen molar-refractivity contribution >= 4 is 11.8 Å².